The summed E-state index contributed by atoms with van der Waals surface area (Å²) in [5.74, 6) is 0.530. The second-order valence-corrected chi connectivity index (χ2v) is 9.14. The molecule has 0 saturated heterocycles. The Bertz CT molecular complexity index is 1270. The molecule has 0 heterocycles. The summed E-state index contributed by atoms with van der Waals surface area (Å²) in [6, 6.07) is 23.2. The highest BCUT2D eigenvalue weighted by atomic mass is 16.5. The molecule has 0 aliphatic carbocycles. The minimum atomic E-state index is -0.788. The number of carbonyl (C=O) groups is 3. The number of methoxy groups -OCH3 is 2. The average molecular weight is 530 g/mol. The second kappa shape index (κ2) is 14.4. The van der Waals surface area contributed by atoms with Crippen molar-refractivity contribution < 1.29 is 23.9 Å². The Balaban J connectivity index is 1.63. The molecule has 1 atom stereocenters. The van der Waals surface area contributed by atoms with Crippen molar-refractivity contribution in [3.63, 3.8) is 0 Å². The van der Waals surface area contributed by atoms with E-state index in [9.17, 15) is 14.4 Å². The summed E-state index contributed by atoms with van der Waals surface area (Å²) in [7, 11) is 4.85. The number of carbonyl (C=O) groups excluding carboxylic acids is 3. The Kier molecular flexibility index (Phi) is 10.7. The first-order valence-corrected chi connectivity index (χ1v) is 12.6. The van der Waals surface area contributed by atoms with E-state index in [0.717, 1.165) is 16.9 Å². The number of hydrogen-bond donors (Lipinski definition) is 2. The highest BCUT2D eigenvalue weighted by Gasteiger charge is 2.25. The number of hydrogen-bond acceptors (Lipinski definition) is 5. The molecule has 39 heavy (non-hydrogen) atoms. The van der Waals surface area contributed by atoms with Gasteiger partial charge in [0.1, 0.15) is 17.5 Å². The number of benzene rings is 3. The molecular weight excluding hydrogens is 494 g/mol. The molecule has 3 aromatic carbocycles. The molecule has 1 unspecified atom stereocenters. The van der Waals surface area contributed by atoms with Crippen LogP contribution < -0.4 is 25.0 Å². The largest absolute Gasteiger partial charge is 0.497 e. The predicted molar refractivity (Wildman–Crippen MR) is 152 cm³/mol. The van der Waals surface area contributed by atoms with Gasteiger partial charge >= 0.3 is 0 Å². The molecule has 8 heteroatoms. The van der Waals surface area contributed by atoms with Gasteiger partial charge in [-0.3, -0.25) is 14.4 Å². The van der Waals surface area contributed by atoms with Crippen molar-refractivity contribution in [2.24, 2.45) is 0 Å². The van der Waals surface area contributed by atoms with Crippen LogP contribution in [0.25, 0.3) is 0 Å². The molecule has 0 aliphatic heterocycles. The molecule has 0 bridgehead atoms. The van der Waals surface area contributed by atoms with E-state index in [2.05, 4.69) is 10.6 Å². The molecule has 0 radical (unpaired) electrons. The molecule has 0 saturated carbocycles. The first-order valence-electron chi connectivity index (χ1n) is 12.6. The fourth-order valence-electron chi connectivity index (χ4n) is 3.97. The SMILES string of the molecule is COc1ccc(CNC(=O)/C=C(\C)CC(=O)NC(Cc2ccccc2)C(=O)N(C)c2ccc(OC)cc2)cc1. The van der Waals surface area contributed by atoms with Crippen LogP contribution in [0.3, 0.4) is 0 Å². The number of anilines is 1. The van der Waals surface area contributed by atoms with Crippen LogP contribution in [0.4, 0.5) is 5.69 Å². The van der Waals surface area contributed by atoms with Gasteiger partial charge in [-0.15, -0.1) is 0 Å². The highest BCUT2D eigenvalue weighted by molar-refractivity contribution is 5.99. The van der Waals surface area contributed by atoms with Gasteiger partial charge < -0.3 is 25.0 Å². The molecule has 0 fully saturated rings. The summed E-state index contributed by atoms with van der Waals surface area (Å²) in [4.78, 5) is 40.3. The van der Waals surface area contributed by atoms with Crippen molar-refractivity contribution in [2.75, 3.05) is 26.2 Å². The van der Waals surface area contributed by atoms with Gasteiger partial charge in [0.05, 0.1) is 14.2 Å². The van der Waals surface area contributed by atoms with E-state index < -0.39 is 6.04 Å². The summed E-state index contributed by atoms with van der Waals surface area (Å²) in [5.41, 5.74) is 3.10. The van der Waals surface area contributed by atoms with Gasteiger partial charge in [-0.25, -0.2) is 0 Å². The van der Waals surface area contributed by atoms with Gasteiger partial charge in [-0.2, -0.15) is 0 Å². The minimum Gasteiger partial charge on any atom is -0.497 e. The lowest BCUT2D eigenvalue weighted by Gasteiger charge is -2.25. The first-order chi connectivity index (χ1) is 18.8. The predicted octanol–water partition coefficient (Wildman–Crippen LogP) is 4.05. The van der Waals surface area contributed by atoms with Crippen LogP contribution in [0.1, 0.15) is 24.5 Å². The van der Waals surface area contributed by atoms with Crippen LogP contribution in [-0.2, 0) is 27.3 Å². The zero-order valence-corrected chi connectivity index (χ0v) is 22.8. The zero-order chi connectivity index (χ0) is 28.2. The molecule has 3 aromatic rings. The standard InChI is InChI=1S/C31H35N3O5/c1-22(18-29(35)32-21-24-10-14-26(38-3)15-11-24)19-30(36)33-28(20-23-8-6-5-7-9-23)31(37)34(2)25-12-16-27(39-4)17-13-25/h5-18,28H,19-21H2,1-4H3,(H,32,35)(H,33,36)/b22-18+. The second-order valence-electron chi connectivity index (χ2n) is 9.14. The lowest BCUT2D eigenvalue weighted by Crippen LogP contribution is -2.48. The van der Waals surface area contributed by atoms with Crippen LogP contribution in [0.2, 0.25) is 0 Å². The van der Waals surface area contributed by atoms with Crippen LogP contribution in [0.15, 0.2) is 90.5 Å². The quantitative estimate of drug-likeness (QED) is 0.345. The Morgan fingerprint density at radius 2 is 1.44 bits per heavy atom. The van der Waals surface area contributed by atoms with E-state index in [-0.39, 0.29) is 24.1 Å². The fourth-order valence-corrected chi connectivity index (χ4v) is 3.97. The van der Waals surface area contributed by atoms with Crippen molar-refractivity contribution in [3.8, 4) is 11.5 Å². The van der Waals surface area contributed by atoms with Gasteiger partial charge in [0.2, 0.25) is 17.7 Å². The monoisotopic (exact) mass is 529 g/mol. The van der Waals surface area contributed by atoms with E-state index >= 15 is 0 Å². The van der Waals surface area contributed by atoms with Crippen LogP contribution in [0.5, 0.6) is 11.5 Å². The topological polar surface area (TPSA) is 97.0 Å². The summed E-state index contributed by atoms with van der Waals surface area (Å²) < 4.78 is 10.3. The normalized spacial score (nSPS) is 11.7. The number of ether oxygens (including phenoxy) is 2. The maximum Gasteiger partial charge on any atom is 0.249 e. The summed E-state index contributed by atoms with van der Waals surface area (Å²) >= 11 is 0. The smallest absolute Gasteiger partial charge is 0.249 e. The Labute approximate surface area is 229 Å². The Hall–Kier alpha value is -4.59. The molecule has 0 aromatic heterocycles. The molecule has 3 amide bonds. The van der Waals surface area contributed by atoms with Gasteiger partial charge in [0.15, 0.2) is 0 Å². The van der Waals surface area contributed by atoms with Crippen molar-refractivity contribution in [3.05, 3.63) is 102 Å². The van der Waals surface area contributed by atoms with Crippen LogP contribution in [0, 0.1) is 0 Å². The number of nitrogens with zero attached hydrogens (tertiary/aromatic N) is 1. The van der Waals surface area contributed by atoms with Gasteiger partial charge in [0.25, 0.3) is 0 Å². The maximum atomic E-state index is 13.5. The van der Waals surface area contributed by atoms with E-state index in [1.54, 1.807) is 52.5 Å². The Morgan fingerprint density at radius 3 is 2.03 bits per heavy atom. The number of nitrogens with one attached hydrogen (secondary N) is 2. The van der Waals surface area contributed by atoms with Gasteiger partial charge in [0, 0.05) is 38.2 Å². The fraction of sp³-hybridized carbons (Fsp3) is 0.258. The third-order valence-electron chi connectivity index (χ3n) is 6.15. The van der Waals surface area contributed by atoms with E-state index in [1.807, 2.05) is 54.6 Å². The first kappa shape index (κ1) is 29.0. The minimum absolute atomic E-state index is 0.0131. The van der Waals surface area contributed by atoms with Gasteiger partial charge in [-0.1, -0.05) is 48.0 Å². The Morgan fingerprint density at radius 1 is 0.846 bits per heavy atom. The van der Waals surface area contributed by atoms with Crippen molar-refractivity contribution >= 4 is 23.4 Å². The molecule has 3 rings (SSSR count). The molecular formula is C31H35N3O5. The molecule has 2 N–H and O–H groups in total. The van der Waals surface area contributed by atoms with Crippen molar-refractivity contribution in [2.45, 2.75) is 32.4 Å². The average Bonchev–Trinajstić information content (AvgIpc) is 2.95. The zero-order valence-electron chi connectivity index (χ0n) is 22.8. The summed E-state index contributed by atoms with van der Waals surface area (Å²) in [6.07, 6.45) is 1.72. The highest BCUT2D eigenvalue weighted by Crippen LogP contribution is 2.19. The van der Waals surface area contributed by atoms with Crippen LogP contribution >= 0.6 is 0 Å². The number of amides is 3. The third-order valence-corrected chi connectivity index (χ3v) is 6.15. The summed E-state index contributed by atoms with van der Waals surface area (Å²) in [5, 5.41) is 5.69. The molecule has 0 spiro atoms. The van der Waals surface area contributed by atoms with E-state index in [1.165, 1.54) is 11.0 Å². The third kappa shape index (κ3) is 9.03. The van der Waals surface area contributed by atoms with E-state index in [0.29, 0.717) is 30.0 Å². The van der Waals surface area contributed by atoms with Crippen molar-refractivity contribution in [1.29, 1.82) is 0 Å². The number of rotatable bonds is 12. The van der Waals surface area contributed by atoms with Crippen LogP contribution in [-0.4, -0.2) is 45.0 Å². The lowest BCUT2D eigenvalue weighted by atomic mass is 10.0. The molecule has 204 valence electrons. The number of likely N-dealkylation sites (N-methyl/N-ethyl adjacent to an activating group) is 1. The maximum absolute atomic E-state index is 13.5. The summed E-state index contributed by atoms with van der Waals surface area (Å²) in [6.45, 7) is 2.06. The molecule has 0 aliphatic rings. The molecule has 8 nitrogen and oxygen atoms in total. The van der Waals surface area contributed by atoms with Crippen molar-refractivity contribution in [1.82, 2.24) is 10.6 Å². The van der Waals surface area contributed by atoms with Gasteiger partial charge in [-0.05, 0) is 54.4 Å². The lowest BCUT2D eigenvalue weighted by molar-refractivity contribution is -0.127. The van der Waals surface area contributed by atoms with E-state index in [4.69, 9.17) is 9.47 Å².